The fraction of sp³-hybridized carbons (Fsp3) is 0.333. The zero-order chi connectivity index (χ0) is 29.7. The minimum Gasteiger partial charge on any atom is -0.510 e. The van der Waals surface area contributed by atoms with Crippen LogP contribution in [0.15, 0.2) is 53.3 Å². The summed E-state index contributed by atoms with van der Waals surface area (Å²) < 4.78 is 0. The SMILES string of the molecule is CN(C)c1ccc(C(=O)N2C3C(=O)C(C(N)=O)=C(O)C4C(=O)C5=C(O)c6c(O)ccc(N(C)C)c6CC5CC432)cc1. The summed E-state index contributed by atoms with van der Waals surface area (Å²) in [5.41, 5.74) is 5.90. The molecular weight excluding hydrogens is 528 g/mol. The van der Waals surface area contributed by atoms with Crippen LogP contribution in [0, 0.1) is 11.8 Å². The molecule has 2 amide bonds. The van der Waals surface area contributed by atoms with Gasteiger partial charge in [0.05, 0.1) is 11.1 Å². The average molecular weight is 559 g/mol. The van der Waals surface area contributed by atoms with Gasteiger partial charge in [-0.1, -0.05) is 0 Å². The number of anilines is 2. The number of amides is 2. The molecule has 1 aliphatic heterocycles. The highest BCUT2D eigenvalue weighted by Gasteiger charge is 2.79. The van der Waals surface area contributed by atoms with Crippen molar-refractivity contribution in [2.45, 2.75) is 24.4 Å². The fourth-order valence-corrected chi connectivity index (χ4v) is 7.14. The van der Waals surface area contributed by atoms with Crippen LogP contribution in [0.1, 0.15) is 27.9 Å². The van der Waals surface area contributed by atoms with Gasteiger partial charge in [0.1, 0.15) is 34.8 Å². The standard InChI is InChI=1S/C30H30N4O7/c1-32(2)15-7-5-13(6-8-15)29(41)34-27-26(39)21(28(31)40)25(38)22-24(37)19-14(12-30(22,27)34)11-16-17(33(3)4)9-10-18(35)20(16)23(19)36/h5-10,14,22,27,35-36,38H,11-12H2,1-4H3,(H2,31,40). The number of hydrogen-bond donors (Lipinski definition) is 4. The van der Waals surface area contributed by atoms with E-state index < -0.39 is 63.9 Å². The molecule has 4 aliphatic rings. The molecule has 2 fully saturated rings. The molecule has 11 nitrogen and oxygen atoms in total. The van der Waals surface area contributed by atoms with Crippen molar-refractivity contribution in [1.82, 2.24) is 4.90 Å². The molecule has 6 rings (SSSR count). The van der Waals surface area contributed by atoms with Crippen molar-refractivity contribution in [3.63, 3.8) is 0 Å². The maximum Gasteiger partial charge on any atom is 0.255 e. The molecule has 5 N–H and O–H groups in total. The summed E-state index contributed by atoms with van der Waals surface area (Å²) in [6, 6.07) is 8.69. The van der Waals surface area contributed by atoms with Crippen molar-refractivity contribution in [1.29, 1.82) is 0 Å². The summed E-state index contributed by atoms with van der Waals surface area (Å²) in [5.74, 6) is -6.78. The molecule has 4 unspecified atom stereocenters. The maximum atomic E-state index is 14.2. The van der Waals surface area contributed by atoms with Crippen LogP contribution in [0.25, 0.3) is 5.76 Å². The zero-order valence-electron chi connectivity index (χ0n) is 23.0. The van der Waals surface area contributed by atoms with E-state index in [1.54, 1.807) is 30.3 Å². The molecule has 2 aromatic carbocycles. The van der Waals surface area contributed by atoms with Gasteiger partial charge in [0.15, 0.2) is 11.6 Å². The number of nitrogens with zero attached hydrogens (tertiary/aromatic N) is 3. The predicted octanol–water partition coefficient (Wildman–Crippen LogP) is 1.70. The van der Waals surface area contributed by atoms with Crippen LogP contribution in [0.3, 0.4) is 0 Å². The minimum absolute atomic E-state index is 0.0163. The second kappa shape index (κ2) is 8.60. The van der Waals surface area contributed by atoms with Gasteiger partial charge in [-0.25, -0.2) is 0 Å². The summed E-state index contributed by atoms with van der Waals surface area (Å²) in [7, 11) is 7.35. The van der Waals surface area contributed by atoms with E-state index in [2.05, 4.69) is 0 Å². The number of carbonyl (C=O) groups excluding carboxylic acids is 4. The van der Waals surface area contributed by atoms with Crippen LogP contribution in [-0.4, -0.2) is 83.4 Å². The Morgan fingerprint density at radius 3 is 2.20 bits per heavy atom. The van der Waals surface area contributed by atoms with Crippen molar-refractivity contribution in [3.8, 4) is 5.75 Å². The quantitative estimate of drug-likeness (QED) is 0.323. The zero-order valence-corrected chi connectivity index (χ0v) is 23.0. The Hall–Kier alpha value is -4.80. The number of phenols is 1. The lowest BCUT2D eigenvalue weighted by molar-refractivity contribution is -0.124. The lowest BCUT2D eigenvalue weighted by atomic mass is 9.61. The first-order valence-electron chi connectivity index (χ1n) is 13.2. The number of carbonyl (C=O) groups is 4. The molecule has 11 heteroatoms. The molecule has 1 saturated heterocycles. The number of nitrogens with two attached hydrogens (primary N) is 1. The van der Waals surface area contributed by atoms with Crippen LogP contribution in [0.4, 0.5) is 11.4 Å². The number of primary amides is 1. The molecule has 41 heavy (non-hydrogen) atoms. The third kappa shape index (κ3) is 3.38. The van der Waals surface area contributed by atoms with E-state index in [4.69, 9.17) is 5.73 Å². The smallest absolute Gasteiger partial charge is 0.255 e. The molecular formula is C30H30N4O7. The van der Waals surface area contributed by atoms with Crippen LogP contribution in [0.2, 0.25) is 0 Å². The largest absolute Gasteiger partial charge is 0.510 e. The Bertz CT molecular complexity index is 1640. The highest BCUT2D eigenvalue weighted by atomic mass is 16.3. The van der Waals surface area contributed by atoms with Gasteiger partial charge < -0.3 is 35.8 Å². The van der Waals surface area contributed by atoms with Gasteiger partial charge in [-0.05, 0) is 60.7 Å². The summed E-state index contributed by atoms with van der Waals surface area (Å²) in [4.78, 5) is 58.9. The molecule has 0 radical (unpaired) electrons. The van der Waals surface area contributed by atoms with E-state index in [0.29, 0.717) is 5.56 Å². The first kappa shape index (κ1) is 26.4. The van der Waals surface area contributed by atoms with Gasteiger partial charge in [-0.2, -0.15) is 0 Å². The molecule has 0 bridgehead atoms. The Kier molecular flexibility index (Phi) is 5.54. The number of allylic oxidation sites excluding steroid dienone is 1. The first-order valence-corrected chi connectivity index (χ1v) is 13.2. The number of aromatic hydroxyl groups is 1. The number of ketones is 2. The third-order valence-corrected chi connectivity index (χ3v) is 8.93. The number of benzene rings is 2. The summed E-state index contributed by atoms with van der Waals surface area (Å²) in [6.07, 6.45) is 0.309. The molecule has 4 atom stereocenters. The number of rotatable bonds is 4. The second-order valence-corrected chi connectivity index (χ2v) is 11.5. The van der Waals surface area contributed by atoms with Crippen LogP contribution < -0.4 is 15.5 Å². The number of fused-ring (bicyclic) bond motifs is 2. The highest BCUT2D eigenvalue weighted by Crippen LogP contribution is 2.63. The summed E-state index contributed by atoms with van der Waals surface area (Å²) in [5, 5.41) is 33.2. The van der Waals surface area contributed by atoms with E-state index >= 15 is 0 Å². The van der Waals surface area contributed by atoms with E-state index in [1.165, 1.54) is 11.0 Å². The predicted molar refractivity (Wildman–Crippen MR) is 150 cm³/mol. The van der Waals surface area contributed by atoms with E-state index in [9.17, 15) is 34.5 Å². The maximum absolute atomic E-state index is 14.2. The molecule has 1 saturated carbocycles. The minimum atomic E-state index is -1.48. The number of phenolic OH excluding ortho intramolecular Hbond substituents is 1. The first-order chi connectivity index (χ1) is 19.3. The molecule has 1 spiro atoms. The van der Waals surface area contributed by atoms with Crippen LogP contribution in [0.5, 0.6) is 5.75 Å². The Balaban J connectivity index is 1.51. The second-order valence-electron chi connectivity index (χ2n) is 11.5. The molecule has 212 valence electrons. The normalized spacial score (nSPS) is 26.1. The van der Waals surface area contributed by atoms with Gasteiger partial charge in [-0.3, -0.25) is 19.2 Å². The van der Waals surface area contributed by atoms with Crippen molar-refractivity contribution in [2.75, 3.05) is 38.0 Å². The molecule has 2 aromatic rings. The van der Waals surface area contributed by atoms with Crippen LogP contribution >= 0.6 is 0 Å². The number of aliphatic hydroxyl groups is 2. The fourth-order valence-electron chi connectivity index (χ4n) is 7.14. The number of hydrogen-bond acceptors (Lipinski definition) is 9. The van der Waals surface area contributed by atoms with Crippen molar-refractivity contribution in [2.24, 2.45) is 17.6 Å². The summed E-state index contributed by atoms with van der Waals surface area (Å²) in [6.45, 7) is 0. The summed E-state index contributed by atoms with van der Waals surface area (Å²) >= 11 is 0. The Morgan fingerprint density at radius 1 is 0.951 bits per heavy atom. The lowest BCUT2D eigenvalue weighted by Crippen LogP contribution is -2.51. The Morgan fingerprint density at radius 2 is 1.61 bits per heavy atom. The number of Topliss-reactive ketones (excluding diaryl/α,β-unsaturated/α-hetero) is 2. The lowest BCUT2D eigenvalue weighted by Gasteiger charge is -2.41. The van der Waals surface area contributed by atoms with Gasteiger partial charge in [0, 0.05) is 50.7 Å². The molecule has 1 heterocycles. The molecule has 3 aliphatic carbocycles. The number of aliphatic hydroxyl groups excluding tert-OH is 2. The van der Waals surface area contributed by atoms with Crippen molar-refractivity contribution >= 4 is 40.5 Å². The van der Waals surface area contributed by atoms with Gasteiger partial charge in [0.2, 0.25) is 0 Å². The van der Waals surface area contributed by atoms with Gasteiger partial charge >= 0.3 is 0 Å². The van der Waals surface area contributed by atoms with E-state index in [-0.39, 0.29) is 35.3 Å². The van der Waals surface area contributed by atoms with Crippen LogP contribution in [-0.2, 0) is 20.8 Å². The monoisotopic (exact) mass is 558 g/mol. The van der Waals surface area contributed by atoms with Gasteiger partial charge in [-0.15, -0.1) is 0 Å². The molecule has 0 aromatic heterocycles. The topological polar surface area (TPSA) is 164 Å². The van der Waals surface area contributed by atoms with Gasteiger partial charge in [0.25, 0.3) is 11.8 Å². The third-order valence-electron chi connectivity index (χ3n) is 8.93. The van der Waals surface area contributed by atoms with E-state index in [0.717, 1.165) is 11.4 Å². The Labute approximate surface area is 235 Å². The average Bonchev–Trinajstić information content (AvgIpc) is 3.55. The highest BCUT2D eigenvalue weighted by molar-refractivity contribution is 6.27. The van der Waals surface area contributed by atoms with E-state index in [1.807, 2.05) is 38.0 Å². The van der Waals surface area contributed by atoms with Crippen molar-refractivity contribution in [3.05, 3.63) is 70.0 Å². The van der Waals surface area contributed by atoms with Crippen molar-refractivity contribution < 1.29 is 34.5 Å².